The summed E-state index contributed by atoms with van der Waals surface area (Å²) in [5.74, 6) is -0.103. The molecule has 1 atom stereocenters. The molecule has 0 spiro atoms. The zero-order chi connectivity index (χ0) is 10.6. The summed E-state index contributed by atoms with van der Waals surface area (Å²) in [7, 11) is 1.67. The number of hydrogen-bond acceptors (Lipinski definition) is 3. The smallest absolute Gasteiger partial charge is 0.254 e. The average molecular weight is 194 g/mol. The number of hydrogen-bond donors (Lipinski definition) is 1. The zero-order valence-corrected chi connectivity index (χ0v) is 8.34. The summed E-state index contributed by atoms with van der Waals surface area (Å²) in [6, 6.07) is 3.14. The van der Waals surface area contributed by atoms with Crippen molar-refractivity contribution in [2.75, 3.05) is 13.7 Å². The summed E-state index contributed by atoms with van der Waals surface area (Å²) in [6.45, 7) is 1.76. The molecular weight excluding hydrogens is 180 g/mol. The summed E-state index contributed by atoms with van der Waals surface area (Å²) < 4.78 is 0. The fraction of sp³-hybridized carbons (Fsp3) is 0.400. The van der Waals surface area contributed by atoms with Crippen LogP contribution in [-0.4, -0.2) is 40.6 Å². The largest absolute Gasteiger partial charge is 0.394 e. The number of carbonyl (C=O) groups is 1. The topological polar surface area (TPSA) is 53.4 Å². The van der Waals surface area contributed by atoms with Gasteiger partial charge < -0.3 is 10.0 Å². The Morgan fingerprint density at radius 2 is 2.14 bits per heavy atom. The quantitative estimate of drug-likeness (QED) is 0.763. The molecule has 0 fully saturated rings. The predicted molar refractivity (Wildman–Crippen MR) is 52.9 cm³/mol. The van der Waals surface area contributed by atoms with Gasteiger partial charge in [-0.05, 0) is 19.1 Å². The van der Waals surface area contributed by atoms with E-state index in [9.17, 15) is 4.79 Å². The second kappa shape index (κ2) is 4.72. The Bertz CT molecular complexity index is 300. The zero-order valence-electron chi connectivity index (χ0n) is 8.34. The van der Waals surface area contributed by atoms with Gasteiger partial charge in [-0.2, -0.15) is 0 Å². The van der Waals surface area contributed by atoms with Crippen LogP contribution in [0, 0.1) is 0 Å². The number of nitrogens with zero attached hydrogens (tertiary/aromatic N) is 2. The summed E-state index contributed by atoms with van der Waals surface area (Å²) in [5.41, 5.74) is 0.586. The van der Waals surface area contributed by atoms with Crippen molar-refractivity contribution in [1.82, 2.24) is 9.88 Å². The average Bonchev–Trinajstić information content (AvgIpc) is 2.27. The van der Waals surface area contributed by atoms with E-state index in [1.165, 1.54) is 4.90 Å². The van der Waals surface area contributed by atoms with Crippen molar-refractivity contribution < 1.29 is 9.90 Å². The van der Waals surface area contributed by atoms with Crippen molar-refractivity contribution >= 4 is 5.91 Å². The van der Waals surface area contributed by atoms with Gasteiger partial charge in [-0.3, -0.25) is 9.78 Å². The van der Waals surface area contributed by atoms with Crippen molar-refractivity contribution in [3.63, 3.8) is 0 Å². The van der Waals surface area contributed by atoms with Gasteiger partial charge in [-0.25, -0.2) is 0 Å². The molecule has 0 saturated heterocycles. The molecule has 4 heteroatoms. The molecule has 1 amide bonds. The minimum absolute atomic E-state index is 0.0344. The molecule has 76 valence electrons. The Morgan fingerprint density at radius 1 is 1.57 bits per heavy atom. The number of aromatic nitrogens is 1. The van der Waals surface area contributed by atoms with Crippen LogP contribution in [0.25, 0.3) is 0 Å². The van der Waals surface area contributed by atoms with Gasteiger partial charge in [-0.1, -0.05) is 0 Å². The lowest BCUT2D eigenvalue weighted by atomic mass is 10.2. The highest BCUT2D eigenvalue weighted by Crippen LogP contribution is 2.04. The van der Waals surface area contributed by atoms with Crippen LogP contribution < -0.4 is 0 Å². The molecule has 1 aromatic heterocycles. The van der Waals surface area contributed by atoms with E-state index in [1.54, 1.807) is 38.5 Å². The Morgan fingerprint density at radius 3 is 2.64 bits per heavy atom. The second-order valence-electron chi connectivity index (χ2n) is 3.18. The van der Waals surface area contributed by atoms with Crippen LogP contribution in [0.2, 0.25) is 0 Å². The molecule has 1 heterocycles. The van der Waals surface area contributed by atoms with E-state index in [0.29, 0.717) is 5.56 Å². The summed E-state index contributed by atoms with van der Waals surface area (Å²) in [6.07, 6.45) is 3.15. The summed E-state index contributed by atoms with van der Waals surface area (Å²) >= 11 is 0. The first-order valence-electron chi connectivity index (χ1n) is 4.45. The van der Waals surface area contributed by atoms with Gasteiger partial charge in [0.05, 0.1) is 12.6 Å². The third-order valence-electron chi connectivity index (χ3n) is 2.17. The van der Waals surface area contributed by atoms with Gasteiger partial charge in [0.15, 0.2) is 0 Å². The third kappa shape index (κ3) is 2.29. The van der Waals surface area contributed by atoms with Crippen molar-refractivity contribution in [1.29, 1.82) is 0 Å². The SMILES string of the molecule is CC(CO)N(C)C(=O)c1ccncc1. The van der Waals surface area contributed by atoms with Crippen LogP contribution >= 0.6 is 0 Å². The molecule has 1 unspecified atom stereocenters. The van der Waals surface area contributed by atoms with E-state index in [2.05, 4.69) is 4.98 Å². The molecule has 1 N–H and O–H groups in total. The van der Waals surface area contributed by atoms with E-state index in [1.807, 2.05) is 0 Å². The molecule has 4 nitrogen and oxygen atoms in total. The van der Waals surface area contributed by atoms with Crippen molar-refractivity contribution in [3.05, 3.63) is 30.1 Å². The van der Waals surface area contributed by atoms with Crippen LogP contribution in [-0.2, 0) is 0 Å². The molecule has 0 saturated carbocycles. The van der Waals surface area contributed by atoms with Gasteiger partial charge >= 0.3 is 0 Å². The molecule has 1 rings (SSSR count). The first-order chi connectivity index (χ1) is 6.66. The molecule has 14 heavy (non-hydrogen) atoms. The molecule has 0 aliphatic carbocycles. The molecule has 0 bridgehead atoms. The maximum absolute atomic E-state index is 11.7. The van der Waals surface area contributed by atoms with Gasteiger partial charge in [0.25, 0.3) is 5.91 Å². The number of aliphatic hydroxyl groups excluding tert-OH is 1. The van der Waals surface area contributed by atoms with Crippen LogP contribution in [0.4, 0.5) is 0 Å². The second-order valence-corrected chi connectivity index (χ2v) is 3.18. The predicted octanol–water partition coefficient (Wildman–Crippen LogP) is 0.534. The number of likely N-dealkylation sites (N-methyl/N-ethyl adjacent to an activating group) is 1. The molecule has 0 radical (unpaired) electrons. The highest BCUT2D eigenvalue weighted by Gasteiger charge is 2.15. The molecule has 1 aromatic rings. The van der Waals surface area contributed by atoms with Crippen LogP contribution in [0.3, 0.4) is 0 Å². The lowest BCUT2D eigenvalue weighted by molar-refractivity contribution is 0.0682. The monoisotopic (exact) mass is 194 g/mol. The number of aliphatic hydroxyl groups is 1. The minimum atomic E-state index is -0.171. The van der Waals surface area contributed by atoms with Gasteiger partial charge in [0.1, 0.15) is 0 Å². The highest BCUT2D eigenvalue weighted by molar-refractivity contribution is 5.94. The number of amides is 1. The summed E-state index contributed by atoms with van der Waals surface area (Å²) in [5, 5.41) is 8.89. The Balaban J connectivity index is 2.76. The number of rotatable bonds is 3. The van der Waals surface area contributed by atoms with Crippen molar-refractivity contribution in [2.24, 2.45) is 0 Å². The standard InChI is InChI=1S/C10H14N2O2/c1-8(7-13)12(2)10(14)9-3-5-11-6-4-9/h3-6,8,13H,7H2,1-2H3. The van der Waals surface area contributed by atoms with Gasteiger partial charge in [0, 0.05) is 25.0 Å². The van der Waals surface area contributed by atoms with Crippen LogP contribution in [0.5, 0.6) is 0 Å². The lowest BCUT2D eigenvalue weighted by Crippen LogP contribution is -2.37. The van der Waals surface area contributed by atoms with E-state index in [4.69, 9.17) is 5.11 Å². The first kappa shape index (κ1) is 10.7. The maximum atomic E-state index is 11.7. The normalized spacial score (nSPS) is 12.2. The minimum Gasteiger partial charge on any atom is -0.394 e. The van der Waals surface area contributed by atoms with E-state index >= 15 is 0 Å². The molecule has 0 aliphatic heterocycles. The molecule has 0 aromatic carbocycles. The summed E-state index contributed by atoms with van der Waals surface area (Å²) in [4.78, 5) is 17.1. The number of pyridine rings is 1. The fourth-order valence-electron chi connectivity index (χ4n) is 1.02. The fourth-order valence-corrected chi connectivity index (χ4v) is 1.02. The Kier molecular flexibility index (Phi) is 3.59. The Labute approximate surface area is 83.2 Å². The van der Waals surface area contributed by atoms with E-state index < -0.39 is 0 Å². The Hall–Kier alpha value is -1.42. The number of carbonyl (C=O) groups excluding carboxylic acids is 1. The van der Waals surface area contributed by atoms with Crippen LogP contribution in [0.1, 0.15) is 17.3 Å². The lowest BCUT2D eigenvalue weighted by Gasteiger charge is -2.22. The molecular formula is C10H14N2O2. The van der Waals surface area contributed by atoms with Crippen molar-refractivity contribution in [3.8, 4) is 0 Å². The van der Waals surface area contributed by atoms with Gasteiger partial charge in [0.2, 0.25) is 0 Å². The third-order valence-corrected chi connectivity index (χ3v) is 2.17. The maximum Gasteiger partial charge on any atom is 0.254 e. The first-order valence-corrected chi connectivity index (χ1v) is 4.45. The van der Waals surface area contributed by atoms with Gasteiger partial charge in [-0.15, -0.1) is 0 Å². The van der Waals surface area contributed by atoms with E-state index in [-0.39, 0.29) is 18.6 Å². The van der Waals surface area contributed by atoms with Crippen LogP contribution in [0.15, 0.2) is 24.5 Å². The van der Waals surface area contributed by atoms with Crippen molar-refractivity contribution in [2.45, 2.75) is 13.0 Å². The highest BCUT2D eigenvalue weighted by atomic mass is 16.3. The molecule has 0 aliphatic rings. The van der Waals surface area contributed by atoms with E-state index in [0.717, 1.165) is 0 Å².